The maximum atomic E-state index is 10.9. The number of ether oxygens (including phenoxy) is 1. The van der Waals surface area contributed by atoms with Crippen molar-refractivity contribution in [2.75, 3.05) is 12.9 Å². The van der Waals surface area contributed by atoms with Crippen molar-refractivity contribution in [2.24, 2.45) is 5.73 Å². The summed E-state index contributed by atoms with van der Waals surface area (Å²) in [5.41, 5.74) is 9.32. The highest BCUT2D eigenvalue weighted by atomic mass is 32.2. The number of carbonyl (C=O) groups excluding carboxylic acids is 1. The molecule has 0 fully saturated rings. The molecule has 0 radical (unpaired) electrons. The van der Waals surface area contributed by atoms with E-state index in [4.69, 9.17) is 15.6 Å². The smallest absolute Gasteiger partial charge is 0.218 e. The summed E-state index contributed by atoms with van der Waals surface area (Å²) in [6, 6.07) is 17.9. The van der Waals surface area contributed by atoms with Crippen molar-refractivity contribution >= 4 is 17.7 Å². The van der Waals surface area contributed by atoms with Crippen molar-refractivity contribution in [2.45, 2.75) is 12.2 Å². The summed E-state index contributed by atoms with van der Waals surface area (Å²) in [5.74, 6) is 2.01. The van der Waals surface area contributed by atoms with E-state index in [0.29, 0.717) is 12.2 Å². The Balaban J connectivity index is 1.89. The van der Waals surface area contributed by atoms with Crippen LogP contribution >= 0.6 is 11.8 Å². The Morgan fingerprint density at radius 2 is 1.88 bits per heavy atom. The first-order valence-corrected chi connectivity index (χ1v) is 9.47. The first-order valence-electron chi connectivity index (χ1n) is 8.32. The molecular weight excluding hydrogens is 346 g/mol. The topological polar surface area (TPSA) is 70.1 Å². The molecule has 3 rings (SSSR count). The van der Waals surface area contributed by atoms with Crippen LogP contribution in [0, 0.1) is 0 Å². The van der Waals surface area contributed by atoms with E-state index in [0.717, 1.165) is 34.0 Å². The molecule has 0 aliphatic carbocycles. The first-order chi connectivity index (χ1) is 12.7. The summed E-state index contributed by atoms with van der Waals surface area (Å²) >= 11 is 1.68. The molecule has 26 heavy (non-hydrogen) atoms. The second-order valence-electron chi connectivity index (χ2n) is 5.78. The van der Waals surface area contributed by atoms with Crippen molar-refractivity contribution in [1.29, 1.82) is 0 Å². The molecule has 6 heteroatoms. The van der Waals surface area contributed by atoms with Gasteiger partial charge in [-0.05, 0) is 36.4 Å². The van der Waals surface area contributed by atoms with Gasteiger partial charge in [-0.25, -0.2) is 4.68 Å². The van der Waals surface area contributed by atoms with Crippen molar-refractivity contribution in [1.82, 2.24) is 9.78 Å². The number of amides is 1. The summed E-state index contributed by atoms with van der Waals surface area (Å²) in [4.78, 5) is 10.9. The summed E-state index contributed by atoms with van der Waals surface area (Å²) in [5, 5.41) is 4.79. The SMILES string of the molecule is COc1ccc(-c2nn(-c3ccccc3)cc2CSCCC(N)=O)cc1. The minimum absolute atomic E-state index is 0.271. The number of thioether (sulfide) groups is 1. The van der Waals surface area contributed by atoms with E-state index in [1.165, 1.54) is 0 Å². The molecule has 5 nitrogen and oxygen atoms in total. The van der Waals surface area contributed by atoms with Gasteiger partial charge in [0.05, 0.1) is 18.5 Å². The molecule has 0 saturated heterocycles. The molecule has 0 atom stereocenters. The lowest BCUT2D eigenvalue weighted by Crippen LogP contribution is -2.10. The van der Waals surface area contributed by atoms with E-state index in [1.807, 2.05) is 65.5 Å². The van der Waals surface area contributed by atoms with Gasteiger partial charge in [0, 0.05) is 35.3 Å². The van der Waals surface area contributed by atoms with Crippen molar-refractivity contribution in [3.05, 3.63) is 66.4 Å². The molecule has 1 heterocycles. The van der Waals surface area contributed by atoms with Gasteiger partial charge in [-0.2, -0.15) is 16.9 Å². The van der Waals surface area contributed by atoms with Crippen LogP contribution in [0.15, 0.2) is 60.8 Å². The standard InChI is InChI=1S/C20H21N3O2S/c1-25-18-9-7-15(8-10-18)20-16(14-26-12-11-19(21)24)13-23(22-20)17-5-3-2-4-6-17/h2-10,13H,11-12,14H2,1H3,(H2,21,24). The molecule has 0 unspecified atom stereocenters. The molecule has 2 aromatic carbocycles. The lowest BCUT2D eigenvalue weighted by Gasteiger charge is -2.04. The van der Waals surface area contributed by atoms with E-state index in [9.17, 15) is 4.79 Å². The number of carbonyl (C=O) groups is 1. The van der Waals surface area contributed by atoms with E-state index < -0.39 is 0 Å². The van der Waals surface area contributed by atoms with Crippen LogP contribution in [0.2, 0.25) is 0 Å². The Kier molecular flexibility index (Phi) is 5.96. The predicted octanol–water partition coefficient (Wildman–Crippen LogP) is 3.66. The molecule has 3 aromatic rings. The number of methoxy groups -OCH3 is 1. The van der Waals surface area contributed by atoms with Crippen LogP contribution in [-0.4, -0.2) is 28.6 Å². The number of aromatic nitrogens is 2. The number of rotatable bonds is 8. The molecular formula is C20H21N3O2S. The van der Waals surface area contributed by atoms with E-state index >= 15 is 0 Å². The molecule has 0 aliphatic rings. The minimum Gasteiger partial charge on any atom is -0.497 e. The fraction of sp³-hybridized carbons (Fsp3) is 0.200. The third-order valence-corrected chi connectivity index (χ3v) is 4.93. The second kappa shape index (κ2) is 8.58. The van der Waals surface area contributed by atoms with Crippen molar-refractivity contribution in [3.8, 4) is 22.7 Å². The third kappa shape index (κ3) is 4.46. The maximum Gasteiger partial charge on any atom is 0.218 e. The van der Waals surface area contributed by atoms with Gasteiger partial charge in [-0.15, -0.1) is 0 Å². The normalized spacial score (nSPS) is 10.7. The number of para-hydroxylation sites is 1. The number of nitrogens with zero attached hydrogens (tertiary/aromatic N) is 2. The van der Waals surface area contributed by atoms with Gasteiger partial charge in [0.15, 0.2) is 0 Å². The zero-order chi connectivity index (χ0) is 18.4. The molecule has 1 amide bonds. The monoisotopic (exact) mass is 367 g/mol. The number of hydrogen-bond acceptors (Lipinski definition) is 4. The highest BCUT2D eigenvalue weighted by Crippen LogP contribution is 2.28. The Morgan fingerprint density at radius 1 is 1.15 bits per heavy atom. The lowest BCUT2D eigenvalue weighted by molar-refractivity contribution is -0.117. The summed E-state index contributed by atoms with van der Waals surface area (Å²) in [7, 11) is 1.65. The zero-order valence-corrected chi connectivity index (χ0v) is 15.4. The summed E-state index contributed by atoms with van der Waals surface area (Å²) in [6.07, 6.45) is 2.43. The number of nitrogens with two attached hydrogens (primary N) is 1. The van der Waals surface area contributed by atoms with Crippen LogP contribution in [0.4, 0.5) is 0 Å². The highest BCUT2D eigenvalue weighted by Gasteiger charge is 2.13. The van der Waals surface area contributed by atoms with Crippen LogP contribution in [0.25, 0.3) is 16.9 Å². The van der Waals surface area contributed by atoms with E-state index in [2.05, 4.69) is 0 Å². The van der Waals surface area contributed by atoms with Crippen molar-refractivity contribution < 1.29 is 9.53 Å². The van der Waals surface area contributed by atoms with Gasteiger partial charge in [-0.1, -0.05) is 18.2 Å². The van der Waals surface area contributed by atoms with Crippen LogP contribution < -0.4 is 10.5 Å². The van der Waals surface area contributed by atoms with Gasteiger partial charge >= 0.3 is 0 Å². The van der Waals surface area contributed by atoms with E-state index in [-0.39, 0.29) is 5.91 Å². The molecule has 134 valence electrons. The Morgan fingerprint density at radius 3 is 2.54 bits per heavy atom. The fourth-order valence-electron chi connectivity index (χ4n) is 2.58. The van der Waals surface area contributed by atoms with Gasteiger partial charge in [0.25, 0.3) is 0 Å². The largest absolute Gasteiger partial charge is 0.497 e. The third-order valence-electron chi connectivity index (χ3n) is 3.92. The van der Waals surface area contributed by atoms with Crippen LogP contribution in [0.1, 0.15) is 12.0 Å². The molecule has 0 spiro atoms. The van der Waals surface area contributed by atoms with Crippen LogP contribution in [0.5, 0.6) is 5.75 Å². The lowest BCUT2D eigenvalue weighted by atomic mass is 10.1. The molecule has 0 bridgehead atoms. The number of hydrogen-bond donors (Lipinski definition) is 1. The second-order valence-corrected chi connectivity index (χ2v) is 6.89. The minimum atomic E-state index is -0.271. The number of primary amides is 1. The zero-order valence-electron chi connectivity index (χ0n) is 14.6. The Hall–Kier alpha value is -2.73. The Labute approximate surface area is 157 Å². The van der Waals surface area contributed by atoms with Crippen LogP contribution in [0.3, 0.4) is 0 Å². The summed E-state index contributed by atoms with van der Waals surface area (Å²) in [6.45, 7) is 0. The average molecular weight is 367 g/mol. The molecule has 0 saturated carbocycles. The first kappa shape index (κ1) is 18.1. The van der Waals surface area contributed by atoms with E-state index in [1.54, 1.807) is 18.9 Å². The van der Waals surface area contributed by atoms with Gasteiger partial charge in [0.1, 0.15) is 5.75 Å². The average Bonchev–Trinajstić information content (AvgIpc) is 3.10. The van der Waals surface area contributed by atoms with Gasteiger partial charge in [0.2, 0.25) is 5.91 Å². The maximum absolute atomic E-state index is 10.9. The number of benzene rings is 2. The highest BCUT2D eigenvalue weighted by molar-refractivity contribution is 7.98. The van der Waals surface area contributed by atoms with Crippen molar-refractivity contribution in [3.63, 3.8) is 0 Å². The molecule has 2 N–H and O–H groups in total. The molecule has 0 aliphatic heterocycles. The predicted molar refractivity (Wildman–Crippen MR) is 106 cm³/mol. The quantitative estimate of drug-likeness (QED) is 0.617. The van der Waals surface area contributed by atoms with Crippen LogP contribution in [-0.2, 0) is 10.5 Å². The van der Waals surface area contributed by atoms with Gasteiger partial charge in [-0.3, -0.25) is 4.79 Å². The van der Waals surface area contributed by atoms with Gasteiger partial charge < -0.3 is 10.5 Å². The summed E-state index contributed by atoms with van der Waals surface area (Å²) < 4.78 is 7.13. The fourth-order valence-corrected chi connectivity index (χ4v) is 3.50. The Bertz CT molecular complexity index is 861. The molecule has 1 aromatic heterocycles.